The van der Waals surface area contributed by atoms with Crippen molar-refractivity contribution in [1.29, 1.82) is 5.26 Å². The SMILES string of the molecule is N#CCOc1ccccc1/C=C/c1nc2ccccc2s1. The van der Waals surface area contributed by atoms with Gasteiger partial charge in [-0.2, -0.15) is 5.26 Å². The van der Waals surface area contributed by atoms with E-state index in [1.54, 1.807) is 11.3 Å². The molecule has 4 heteroatoms. The van der Waals surface area contributed by atoms with Crippen LogP contribution >= 0.6 is 11.3 Å². The molecule has 0 atom stereocenters. The zero-order valence-corrected chi connectivity index (χ0v) is 12.0. The summed E-state index contributed by atoms with van der Waals surface area (Å²) >= 11 is 1.65. The fraction of sp³-hybridized carbons (Fsp3) is 0.0588. The van der Waals surface area contributed by atoms with Gasteiger partial charge >= 0.3 is 0 Å². The van der Waals surface area contributed by atoms with Gasteiger partial charge in [0.2, 0.25) is 0 Å². The summed E-state index contributed by atoms with van der Waals surface area (Å²) < 4.78 is 6.58. The lowest BCUT2D eigenvalue weighted by atomic mass is 10.2. The second kappa shape index (κ2) is 6.21. The van der Waals surface area contributed by atoms with Gasteiger partial charge in [0.1, 0.15) is 16.8 Å². The van der Waals surface area contributed by atoms with E-state index in [0.717, 1.165) is 16.1 Å². The van der Waals surface area contributed by atoms with Gasteiger partial charge in [-0.3, -0.25) is 0 Å². The first kappa shape index (κ1) is 13.3. The highest BCUT2D eigenvalue weighted by Gasteiger charge is 2.02. The van der Waals surface area contributed by atoms with Crippen molar-refractivity contribution in [3.8, 4) is 11.8 Å². The third-order valence-electron chi connectivity index (χ3n) is 2.93. The maximum absolute atomic E-state index is 8.61. The molecule has 0 bridgehead atoms. The average molecular weight is 292 g/mol. The number of thiazole rings is 1. The molecule has 0 N–H and O–H groups in total. The van der Waals surface area contributed by atoms with E-state index in [1.165, 1.54) is 4.70 Å². The summed E-state index contributed by atoms with van der Waals surface area (Å²) in [6, 6.07) is 17.7. The number of nitriles is 1. The first-order valence-corrected chi connectivity index (χ1v) is 7.31. The summed E-state index contributed by atoms with van der Waals surface area (Å²) in [5.74, 6) is 0.705. The number of rotatable bonds is 4. The van der Waals surface area contributed by atoms with Gasteiger partial charge in [-0.1, -0.05) is 30.3 Å². The van der Waals surface area contributed by atoms with Crippen molar-refractivity contribution < 1.29 is 4.74 Å². The predicted octanol–water partition coefficient (Wildman–Crippen LogP) is 4.37. The van der Waals surface area contributed by atoms with Crippen LogP contribution in [-0.4, -0.2) is 11.6 Å². The first-order chi connectivity index (χ1) is 10.4. The third kappa shape index (κ3) is 3.10. The van der Waals surface area contributed by atoms with Crippen LogP contribution in [0.25, 0.3) is 22.4 Å². The fourth-order valence-corrected chi connectivity index (χ4v) is 2.85. The molecule has 2 aromatic carbocycles. The highest BCUT2D eigenvalue weighted by molar-refractivity contribution is 7.19. The van der Waals surface area contributed by atoms with Gasteiger partial charge < -0.3 is 4.74 Å². The van der Waals surface area contributed by atoms with Crippen LogP contribution in [-0.2, 0) is 0 Å². The molecular weight excluding hydrogens is 280 g/mol. The minimum Gasteiger partial charge on any atom is -0.478 e. The summed E-state index contributed by atoms with van der Waals surface area (Å²) in [7, 11) is 0. The molecule has 0 saturated heterocycles. The Morgan fingerprint density at radius 2 is 1.90 bits per heavy atom. The number of ether oxygens (including phenoxy) is 1. The highest BCUT2D eigenvalue weighted by atomic mass is 32.1. The Morgan fingerprint density at radius 3 is 2.76 bits per heavy atom. The number of benzene rings is 2. The van der Waals surface area contributed by atoms with E-state index in [2.05, 4.69) is 11.1 Å². The van der Waals surface area contributed by atoms with Gasteiger partial charge in [0.15, 0.2) is 6.61 Å². The fourth-order valence-electron chi connectivity index (χ4n) is 1.98. The Bertz CT molecular complexity index is 797. The lowest BCUT2D eigenvalue weighted by Crippen LogP contribution is -1.94. The molecule has 1 heterocycles. The van der Waals surface area contributed by atoms with Gasteiger partial charge in [0, 0.05) is 5.56 Å². The zero-order chi connectivity index (χ0) is 14.5. The van der Waals surface area contributed by atoms with E-state index in [1.807, 2.05) is 60.7 Å². The molecule has 0 radical (unpaired) electrons. The van der Waals surface area contributed by atoms with Crippen molar-refractivity contribution >= 4 is 33.7 Å². The Hall–Kier alpha value is -2.64. The third-order valence-corrected chi connectivity index (χ3v) is 3.93. The molecular formula is C17H12N2OS. The summed E-state index contributed by atoms with van der Waals surface area (Å²) in [5, 5.41) is 9.56. The minimum atomic E-state index is 0.0476. The number of hydrogen-bond donors (Lipinski definition) is 0. The highest BCUT2D eigenvalue weighted by Crippen LogP contribution is 2.25. The minimum absolute atomic E-state index is 0.0476. The van der Waals surface area contributed by atoms with Crippen LogP contribution in [0.15, 0.2) is 48.5 Å². The summed E-state index contributed by atoms with van der Waals surface area (Å²) in [6.45, 7) is 0.0476. The van der Waals surface area contributed by atoms with Gasteiger partial charge in [0.05, 0.1) is 10.2 Å². The lowest BCUT2D eigenvalue weighted by Gasteiger charge is -2.04. The van der Waals surface area contributed by atoms with Gasteiger partial charge in [-0.15, -0.1) is 11.3 Å². The molecule has 0 unspecified atom stereocenters. The van der Waals surface area contributed by atoms with Crippen molar-refractivity contribution in [2.24, 2.45) is 0 Å². The van der Waals surface area contributed by atoms with E-state index < -0.39 is 0 Å². The maximum Gasteiger partial charge on any atom is 0.174 e. The summed E-state index contributed by atoms with van der Waals surface area (Å²) in [6.07, 6.45) is 3.93. The normalized spacial score (nSPS) is 10.8. The number of fused-ring (bicyclic) bond motifs is 1. The molecule has 3 nitrogen and oxygen atoms in total. The zero-order valence-electron chi connectivity index (χ0n) is 11.2. The quantitative estimate of drug-likeness (QED) is 0.717. The van der Waals surface area contributed by atoms with E-state index in [0.29, 0.717) is 5.75 Å². The molecule has 0 fully saturated rings. The van der Waals surface area contributed by atoms with Crippen LogP contribution in [0.4, 0.5) is 0 Å². The maximum atomic E-state index is 8.61. The van der Waals surface area contributed by atoms with Crippen LogP contribution in [0.1, 0.15) is 10.6 Å². The monoisotopic (exact) mass is 292 g/mol. The van der Waals surface area contributed by atoms with Gasteiger partial charge in [0.25, 0.3) is 0 Å². The van der Waals surface area contributed by atoms with Crippen LogP contribution in [0.2, 0.25) is 0 Å². The second-order valence-corrected chi connectivity index (χ2v) is 5.40. The number of para-hydroxylation sites is 2. The van der Waals surface area contributed by atoms with E-state index in [4.69, 9.17) is 10.00 Å². The number of nitrogens with zero attached hydrogens (tertiary/aromatic N) is 2. The van der Waals surface area contributed by atoms with Gasteiger partial charge in [-0.25, -0.2) is 4.98 Å². The van der Waals surface area contributed by atoms with E-state index in [-0.39, 0.29) is 6.61 Å². The van der Waals surface area contributed by atoms with E-state index >= 15 is 0 Å². The Labute approximate surface area is 126 Å². The van der Waals surface area contributed by atoms with Crippen LogP contribution in [0.5, 0.6) is 5.75 Å². The molecule has 3 rings (SSSR count). The molecule has 21 heavy (non-hydrogen) atoms. The van der Waals surface area contributed by atoms with Crippen LogP contribution in [0.3, 0.4) is 0 Å². The molecule has 0 spiro atoms. The largest absolute Gasteiger partial charge is 0.478 e. The molecule has 0 aliphatic rings. The first-order valence-electron chi connectivity index (χ1n) is 6.49. The van der Waals surface area contributed by atoms with Crippen molar-refractivity contribution in [1.82, 2.24) is 4.98 Å². The molecule has 0 saturated carbocycles. The van der Waals surface area contributed by atoms with Crippen LogP contribution < -0.4 is 4.74 Å². The summed E-state index contributed by atoms with van der Waals surface area (Å²) in [4.78, 5) is 4.56. The standard InChI is InChI=1S/C17H12N2OS/c18-11-12-20-15-7-3-1-5-13(15)9-10-17-19-14-6-2-4-8-16(14)21-17/h1-10H,12H2/b10-9+. The number of aromatic nitrogens is 1. The number of hydrogen-bond acceptors (Lipinski definition) is 4. The van der Waals surface area contributed by atoms with E-state index in [9.17, 15) is 0 Å². The molecule has 0 aliphatic heterocycles. The van der Waals surface area contributed by atoms with Crippen LogP contribution in [0, 0.1) is 11.3 Å². The molecule has 3 aromatic rings. The molecule has 1 aromatic heterocycles. The van der Waals surface area contributed by atoms with Crippen molar-refractivity contribution in [3.05, 3.63) is 59.1 Å². The smallest absolute Gasteiger partial charge is 0.174 e. The molecule has 102 valence electrons. The predicted molar refractivity (Wildman–Crippen MR) is 86.1 cm³/mol. The average Bonchev–Trinajstić information content (AvgIpc) is 2.94. The summed E-state index contributed by atoms with van der Waals surface area (Å²) in [5.41, 5.74) is 1.95. The van der Waals surface area contributed by atoms with Crippen molar-refractivity contribution in [3.63, 3.8) is 0 Å². The Morgan fingerprint density at radius 1 is 1.10 bits per heavy atom. The topological polar surface area (TPSA) is 45.9 Å². The second-order valence-electron chi connectivity index (χ2n) is 4.34. The molecule has 0 aliphatic carbocycles. The molecule has 0 amide bonds. The van der Waals surface area contributed by atoms with Crippen molar-refractivity contribution in [2.75, 3.05) is 6.61 Å². The van der Waals surface area contributed by atoms with Gasteiger partial charge in [-0.05, 0) is 30.4 Å². The lowest BCUT2D eigenvalue weighted by molar-refractivity contribution is 0.367. The van der Waals surface area contributed by atoms with Crippen molar-refractivity contribution in [2.45, 2.75) is 0 Å². The Balaban J connectivity index is 1.87. The Kier molecular flexibility index (Phi) is 3.95.